The lowest BCUT2D eigenvalue weighted by Crippen LogP contribution is -2.26. The summed E-state index contributed by atoms with van der Waals surface area (Å²) < 4.78 is 5.19. The van der Waals surface area contributed by atoms with Crippen LogP contribution >= 0.6 is 0 Å². The second-order valence-electron chi connectivity index (χ2n) is 8.74. The van der Waals surface area contributed by atoms with Crippen LogP contribution in [0.3, 0.4) is 0 Å². The topological polar surface area (TPSA) is 67.4 Å². The normalized spacial score (nSPS) is 19.5. The third-order valence-corrected chi connectivity index (χ3v) is 6.33. The highest BCUT2D eigenvalue weighted by molar-refractivity contribution is 6.01. The number of ether oxygens (including phenoxy) is 1. The average Bonchev–Trinajstić information content (AvgIpc) is 2.96. The first-order valence-corrected chi connectivity index (χ1v) is 11.2. The summed E-state index contributed by atoms with van der Waals surface area (Å²) in [6.45, 7) is 3.45. The number of carbonyl (C=O) groups excluding carboxylic acids is 2. The SMILES string of the molecule is CC(=O)Oc1ccc([C@@H]2Nc3ccccc3NC3=C2C(=O)C[C@@H](c2ccc(C)cc2)C3)cc1. The van der Waals surface area contributed by atoms with Gasteiger partial charge >= 0.3 is 5.97 Å². The maximum atomic E-state index is 13.6. The van der Waals surface area contributed by atoms with Crippen LogP contribution in [0.2, 0.25) is 0 Å². The molecule has 0 saturated heterocycles. The number of ketones is 1. The molecule has 0 radical (unpaired) electrons. The van der Waals surface area contributed by atoms with E-state index in [0.29, 0.717) is 12.2 Å². The van der Waals surface area contributed by atoms with Gasteiger partial charge in [-0.15, -0.1) is 0 Å². The first-order valence-electron chi connectivity index (χ1n) is 11.2. The van der Waals surface area contributed by atoms with Crippen LogP contribution in [0.25, 0.3) is 0 Å². The Balaban J connectivity index is 1.55. The van der Waals surface area contributed by atoms with Gasteiger partial charge in [0.2, 0.25) is 0 Å². The zero-order chi connectivity index (χ0) is 22.9. The summed E-state index contributed by atoms with van der Waals surface area (Å²) in [4.78, 5) is 24.9. The standard InChI is InChI=1S/C28H26N2O3/c1-17-7-9-19(10-8-17)21-15-25-27(26(32)16-21)28(30-24-6-4-3-5-23(24)29-25)20-11-13-22(14-12-20)33-18(2)31/h3-14,21,28-30H,15-16H2,1-2H3/t21-,28-/m0/s1. The Morgan fingerprint density at radius 2 is 1.55 bits per heavy atom. The molecule has 5 heteroatoms. The molecule has 166 valence electrons. The van der Waals surface area contributed by atoms with E-state index in [0.717, 1.165) is 34.6 Å². The predicted octanol–water partition coefficient (Wildman–Crippen LogP) is 5.90. The summed E-state index contributed by atoms with van der Waals surface area (Å²) in [6, 6.07) is 23.6. The van der Waals surface area contributed by atoms with Crippen LogP contribution in [0, 0.1) is 6.92 Å². The van der Waals surface area contributed by atoms with E-state index >= 15 is 0 Å². The number of fused-ring (bicyclic) bond motifs is 1. The molecule has 5 rings (SSSR count). The number of allylic oxidation sites excluding steroid dienone is 1. The summed E-state index contributed by atoms with van der Waals surface area (Å²) in [5.41, 5.74) is 6.98. The van der Waals surface area contributed by atoms with Crippen LogP contribution in [0.4, 0.5) is 11.4 Å². The summed E-state index contributed by atoms with van der Waals surface area (Å²) in [6.07, 6.45) is 1.24. The highest BCUT2D eigenvalue weighted by atomic mass is 16.5. The zero-order valence-corrected chi connectivity index (χ0v) is 18.7. The minimum Gasteiger partial charge on any atom is -0.427 e. The van der Waals surface area contributed by atoms with Crippen molar-refractivity contribution in [3.05, 3.63) is 101 Å². The van der Waals surface area contributed by atoms with Crippen LogP contribution in [-0.4, -0.2) is 11.8 Å². The Morgan fingerprint density at radius 1 is 0.879 bits per heavy atom. The van der Waals surface area contributed by atoms with Gasteiger partial charge in [0.15, 0.2) is 5.78 Å². The van der Waals surface area contributed by atoms with Crippen LogP contribution in [0.15, 0.2) is 84.1 Å². The number of para-hydroxylation sites is 2. The molecule has 1 heterocycles. The predicted molar refractivity (Wildman–Crippen MR) is 129 cm³/mol. The molecular weight excluding hydrogens is 412 g/mol. The number of rotatable bonds is 3. The summed E-state index contributed by atoms with van der Waals surface area (Å²) in [5, 5.41) is 7.15. The number of benzene rings is 3. The van der Waals surface area contributed by atoms with E-state index in [4.69, 9.17) is 4.74 Å². The summed E-state index contributed by atoms with van der Waals surface area (Å²) >= 11 is 0. The van der Waals surface area contributed by atoms with Gasteiger partial charge in [-0.2, -0.15) is 0 Å². The van der Waals surface area contributed by atoms with E-state index in [2.05, 4.69) is 41.8 Å². The molecule has 2 atom stereocenters. The Labute approximate surface area is 193 Å². The zero-order valence-electron chi connectivity index (χ0n) is 18.7. The second kappa shape index (κ2) is 8.58. The lowest BCUT2D eigenvalue weighted by Gasteiger charge is -2.30. The molecule has 0 aromatic heterocycles. The van der Waals surface area contributed by atoms with Crippen molar-refractivity contribution in [2.75, 3.05) is 10.6 Å². The second-order valence-corrected chi connectivity index (χ2v) is 8.74. The van der Waals surface area contributed by atoms with Crippen molar-refractivity contribution in [2.45, 2.75) is 38.6 Å². The number of carbonyl (C=O) groups is 2. The average molecular weight is 439 g/mol. The van der Waals surface area contributed by atoms with Crippen LogP contribution in [0.1, 0.15) is 48.4 Å². The summed E-state index contributed by atoms with van der Waals surface area (Å²) in [7, 11) is 0. The van der Waals surface area contributed by atoms with E-state index in [9.17, 15) is 9.59 Å². The molecule has 1 aliphatic carbocycles. The van der Waals surface area contributed by atoms with Gasteiger partial charge in [0.05, 0.1) is 17.4 Å². The Kier molecular flexibility index (Phi) is 5.47. The molecule has 0 saturated carbocycles. The van der Waals surface area contributed by atoms with Gasteiger partial charge in [-0.1, -0.05) is 54.1 Å². The largest absolute Gasteiger partial charge is 0.427 e. The van der Waals surface area contributed by atoms with Crippen LogP contribution in [0.5, 0.6) is 5.75 Å². The lowest BCUT2D eigenvalue weighted by molar-refractivity contribution is -0.131. The fourth-order valence-corrected chi connectivity index (χ4v) is 4.71. The molecule has 0 bridgehead atoms. The Morgan fingerprint density at radius 3 is 2.24 bits per heavy atom. The van der Waals surface area contributed by atoms with Crippen molar-refractivity contribution in [3.63, 3.8) is 0 Å². The van der Waals surface area contributed by atoms with Gasteiger partial charge in [-0.3, -0.25) is 9.59 Å². The first kappa shape index (κ1) is 21.0. The van der Waals surface area contributed by atoms with E-state index in [1.807, 2.05) is 36.4 Å². The lowest BCUT2D eigenvalue weighted by atomic mass is 9.78. The fourth-order valence-electron chi connectivity index (χ4n) is 4.71. The van der Waals surface area contributed by atoms with E-state index in [1.165, 1.54) is 18.1 Å². The molecular formula is C28H26N2O3. The van der Waals surface area contributed by atoms with Gasteiger partial charge in [-0.25, -0.2) is 0 Å². The minimum atomic E-state index is -0.358. The molecule has 2 aliphatic rings. The highest BCUT2D eigenvalue weighted by Gasteiger charge is 2.36. The monoisotopic (exact) mass is 438 g/mol. The molecule has 3 aromatic carbocycles. The van der Waals surface area contributed by atoms with Crippen molar-refractivity contribution < 1.29 is 14.3 Å². The Hall–Kier alpha value is -3.86. The number of aryl methyl sites for hydroxylation is 1. The van der Waals surface area contributed by atoms with Crippen molar-refractivity contribution in [2.24, 2.45) is 0 Å². The first-order chi connectivity index (χ1) is 16.0. The quantitative estimate of drug-likeness (QED) is 0.394. The number of hydrogen-bond acceptors (Lipinski definition) is 5. The number of hydrogen-bond donors (Lipinski definition) is 2. The van der Waals surface area contributed by atoms with Crippen molar-refractivity contribution >= 4 is 23.1 Å². The number of esters is 1. The third kappa shape index (κ3) is 4.27. The third-order valence-electron chi connectivity index (χ3n) is 6.33. The molecule has 3 aromatic rings. The van der Waals surface area contributed by atoms with Crippen molar-refractivity contribution in [1.82, 2.24) is 0 Å². The summed E-state index contributed by atoms with van der Waals surface area (Å²) in [5.74, 6) is 0.412. The number of nitrogens with one attached hydrogen (secondary N) is 2. The fraction of sp³-hybridized carbons (Fsp3) is 0.214. The molecule has 2 N–H and O–H groups in total. The molecule has 0 spiro atoms. The van der Waals surface area contributed by atoms with Crippen molar-refractivity contribution in [3.8, 4) is 5.75 Å². The molecule has 0 fully saturated rings. The maximum absolute atomic E-state index is 13.6. The minimum absolute atomic E-state index is 0.140. The number of Topliss-reactive ketones (excluding diaryl/α,β-unsaturated/α-hetero) is 1. The smallest absolute Gasteiger partial charge is 0.308 e. The van der Waals surface area contributed by atoms with Crippen molar-refractivity contribution in [1.29, 1.82) is 0 Å². The molecule has 0 unspecified atom stereocenters. The molecule has 33 heavy (non-hydrogen) atoms. The number of anilines is 2. The van der Waals surface area contributed by atoms with Gasteiger partial charge in [-0.05, 0) is 54.7 Å². The van der Waals surface area contributed by atoms with Crippen LogP contribution in [-0.2, 0) is 9.59 Å². The van der Waals surface area contributed by atoms with Gasteiger partial charge in [0.1, 0.15) is 5.75 Å². The molecule has 0 amide bonds. The van der Waals surface area contributed by atoms with Gasteiger partial charge < -0.3 is 15.4 Å². The van der Waals surface area contributed by atoms with E-state index in [1.54, 1.807) is 12.1 Å². The van der Waals surface area contributed by atoms with Gasteiger partial charge in [0.25, 0.3) is 0 Å². The van der Waals surface area contributed by atoms with E-state index in [-0.39, 0.29) is 23.7 Å². The molecule has 1 aliphatic heterocycles. The highest BCUT2D eigenvalue weighted by Crippen LogP contribution is 2.44. The molecule has 5 nitrogen and oxygen atoms in total. The van der Waals surface area contributed by atoms with Gasteiger partial charge in [0, 0.05) is 24.6 Å². The van der Waals surface area contributed by atoms with Crippen LogP contribution < -0.4 is 15.4 Å². The van der Waals surface area contributed by atoms with E-state index < -0.39 is 0 Å². The Bertz CT molecular complexity index is 1240. The maximum Gasteiger partial charge on any atom is 0.308 e.